The zero-order valence-electron chi connectivity index (χ0n) is 14.7. The maximum absolute atomic E-state index is 13.8. The lowest BCUT2D eigenvalue weighted by Crippen LogP contribution is -2.21. The molecule has 0 N–H and O–H groups in total. The number of nitriles is 1. The smallest absolute Gasteiger partial charge is 0.266 e. The van der Waals surface area contributed by atoms with Crippen molar-refractivity contribution in [3.8, 4) is 11.8 Å². The van der Waals surface area contributed by atoms with Crippen LogP contribution in [0.5, 0.6) is 0 Å². The Balaban J connectivity index is 1.86. The molecule has 4 nitrogen and oxygen atoms in total. The van der Waals surface area contributed by atoms with E-state index in [1.54, 1.807) is 36.4 Å². The molecule has 0 saturated heterocycles. The van der Waals surface area contributed by atoms with Crippen LogP contribution in [0, 0.1) is 17.1 Å². The minimum atomic E-state index is -0.427. The Kier molecular flexibility index (Phi) is 4.92. The van der Waals surface area contributed by atoms with E-state index in [9.17, 15) is 14.4 Å². The van der Waals surface area contributed by atoms with Crippen LogP contribution in [0.1, 0.15) is 11.1 Å². The van der Waals surface area contributed by atoms with Gasteiger partial charge >= 0.3 is 0 Å². The van der Waals surface area contributed by atoms with Gasteiger partial charge in [0.1, 0.15) is 5.82 Å². The molecule has 1 heterocycles. The summed E-state index contributed by atoms with van der Waals surface area (Å²) >= 11 is 1.34. The molecule has 0 aliphatic heterocycles. The van der Waals surface area contributed by atoms with Crippen molar-refractivity contribution in [1.82, 2.24) is 9.55 Å². The first-order chi connectivity index (χ1) is 13.7. The zero-order chi connectivity index (χ0) is 19.5. The van der Waals surface area contributed by atoms with Crippen molar-refractivity contribution < 1.29 is 4.39 Å². The molecule has 1 aromatic heterocycles. The first-order valence-electron chi connectivity index (χ1n) is 8.56. The fourth-order valence-electron chi connectivity index (χ4n) is 2.95. The van der Waals surface area contributed by atoms with Crippen molar-refractivity contribution in [2.45, 2.75) is 10.9 Å². The van der Waals surface area contributed by atoms with E-state index in [1.165, 1.54) is 28.5 Å². The molecule has 136 valence electrons. The van der Waals surface area contributed by atoms with Crippen molar-refractivity contribution in [1.29, 1.82) is 5.26 Å². The van der Waals surface area contributed by atoms with Crippen LogP contribution in [-0.2, 0) is 5.75 Å². The number of nitrogens with zero attached hydrogens (tertiary/aromatic N) is 3. The Labute approximate surface area is 164 Å². The predicted molar refractivity (Wildman–Crippen MR) is 108 cm³/mol. The quantitative estimate of drug-likeness (QED) is 0.377. The van der Waals surface area contributed by atoms with Gasteiger partial charge in [-0.1, -0.05) is 48.2 Å². The van der Waals surface area contributed by atoms with E-state index >= 15 is 0 Å². The second-order valence-electron chi connectivity index (χ2n) is 6.09. The molecule has 0 fully saturated rings. The van der Waals surface area contributed by atoms with Crippen LogP contribution in [0.25, 0.3) is 16.6 Å². The summed E-state index contributed by atoms with van der Waals surface area (Å²) in [6.45, 7) is 0. The Morgan fingerprint density at radius 3 is 2.64 bits per heavy atom. The third-order valence-electron chi connectivity index (χ3n) is 4.31. The number of para-hydroxylation sites is 1. The number of rotatable bonds is 4. The van der Waals surface area contributed by atoms with Gasteiger partial charge in [-0.05, 0) is 42.0 Å². The van der Waals surface area contributed by atoms with Crippen LogP contribution in [-0.4, -0.2) is 9.55 Å². The molecular formula is C22H14FN3OS. The van der Waals surface area contributed by atoms with Gasteiger partial charge in [0.15, 0.2) is 5.16 Å². The van der Waals surface area contributed by atoms with Crippen molar-refractivity contribution in [3.05, 3.63) is 100 Å². The SMILES string of the molecule is N#Cc1ccccc1CSc1nc2ccccc2c(=O)n1-c1cccc(F)c1. The summed E-state index contributed by atoms with van der Waals surface area (Å²) in [7, 11) is 0. The van der Waals surface area contributed by atoms with Gasteiger partial charge in [-0.2, -0.15) is 5.26 Å². The molecule has 28 heavy (non-hydrogen) atoms. The molecule has 0 bridgehead atoms. The summed E-state index contributed by atoms with van der Waals surface area (Å²) in [5, 5.41) is 10.2. The first kappa shape index (κ1) is 18.0. The van der Waals surface area contributed by atoms with E-state index in [0.29, 0.717) is 33.1 Å². The monoisotopic (exact) mass is 387 g/mol. The van der Waals surface area contributed by atoms with Crippen LogP contribution in [0.15, 0.2) is 82.7 Å². The number of benzene rings is 3. The number of hydrogen-bond donors (Lipinski definition) is 0. The number of thioether (sulfide) groups is 1. The molecular weight excluding hydrogens is 373 g/mol. The van der Waals surface area contributed by atoms with Gasteiger partial charge in [-0.3, -0.25) is 9.36 Å². The molecule has 0 unspecified atom stereocenters. The first-order valence-corrected chi connectivity index (χ1v) is 9.54. The van der Waals surface area contributed by atoms with Crippen LogP contribution in [0.4, 0.5) is 4.39 Å². The molecule has 0 radical (unpaired) electrons. The van der Waals surface area contributed by atoms with Crippen molar-refractivity contribution in [3.63, 3.8) is 0 Å². The van der Waals surface area contributed by atoms with Gasteiger partial charge < -0.3 is 0 Å². The minimum Gasteiger partial charge on any atom is -0.268 e. The van der Waals surface area contributed by atoms with Crippen LogP contribution >= 0.6 is 11.8 Å². The van der Waals surface area contributed by atoms with Gasteiger partial charge in [0.05, 0.1) is 28.2 Å². The Morgan fingerprint density at radius 1 is 1.04 bits per heavy atom. The standard InChI is InChI=1S/C22H14FN3OS/c23-17-8-5-9-18(12-17)26-21(27)19-10-3-4-11-20(19)25-22(26)28-14-16-7-2-1-6-15(16)13-24/h1-12H,14H2. The highest BCUT2D eigenvalue weighted by molar-refractivity contribution is 7.98. The number of aromatic nitrogens is 2. The van der Waals surface area contributed by atoms with E-state index in [0.717, 1.165) is 5.56 Å². The summed E-state index contributed by atoms with van der Waals surface area (Å²) in [5.41, 5.74) is 2.17. The Bertz CT molecular complexity index is 1280. The molecule has 0 spiro atoms. The molecule has 0 atom stereocenters. The third kappa shape index (κ3) is 3.40. The second-order valence-corrected chi connectivity index (χ2v) is 7.03. The lowest BCUT2D eigenvalue weighted by atomic mass is 10.1. The molecule has 4 aromatic rings. The summed E-state index contributed by atoms with van der Waals surface area (Å²) in [6.07, 6.45) is 0. The van der Waals surface area contributed by atoms with Crippen LogP contribution < -0.4 is 5.56 Å². The highest BCUT2D eigenvalue weighted by Gasteiger charge is 2.14. The molecule has 0 saturated carbocycles. The topological polar surface area (TPSA) is 58.7 Å². The molecule has 0 amide bonds. The third-order valence-corrected chi connectivity index (χ3v) is 5.29. The largest absolute Gasteiger partial charge is 0.268 e. The Morgan fingerprint density at radius 2 is 1.82 bits per heavy atom. The summed E-state index contributed by atoms with van der Waals surface area (Å²) in [6, 6.07) is 22.4. The van der Waals surface area contributed by atoms with Crippen molar-refractivity contribution in [2.24, 2.45) is 0 Å². The summed E-state index contributed by atoms with van der Waals surface area (Å²) in [4.78, 5) is 17.8. The molecule has 6 heteroatoms. The zero-order valence-corrected chi connectivity index (χ0v) is 15.5. The van der Waals surface area contributed by atoms with Gasteiger partial charge in [-0.15, -0.1) is 0 Å². The molecule has 0 aliphatic carbocycles. The normalized spacial score (nSPS) is 10.7. The average Bonchev–Trinajstić information content (AvgIpc) is 2.72. The number of hydrogen-bond acceptors (Lipinski definition) is 4. The van der Waals surface area contributed by atoms with Crippen LogP contribution in [0.3, 0.4) is 0 Å². The lowest BCUT2D eigenvalue weighted by molar-refractivity contribution is 0.625. The van der Waals surface area contributed by atoms with Crippen LogP contribution in [0.2, 0.25) is 0 Å². The van der Waals surface area contributed by atoms with E-state index in [2.05, 4.69) is 11.1 Å². The summed E-state index contributed by atoms with van der Waals surface area (Å²) in [5.74, 6) is 0.0347. The second kappa shape index (κ2) is 7.67. The highest BCUT2D eigenvalue weighted by atomic mass is 32.2. The number of halogens is 1. The van der Waals surface area contributed by atoms with E-state index in [-0.39, 0.29) is 5.56 Å². The number of fused-ring (bicyclic) bond motifs is 1. The molecule has 4 rings (SSSR count). The Hall–Kier alpha value is -3.43. The molecule has 0 aliphatic rings. The maximum atomic E-state index is 13.8. The highest BCUT2D eigenvalue weighted by Crippen LogP contribution is 2.26. The molecule has 3 aromatic carbocycles. The van der Waals surface area contributed by atoms with E-state index in [4.69, 9.17) is 0 Å². The van der Waals surface area contributed by atoms with Gasteiger partial charge in [0, 0.05) is 5.75 Å². The van der Waals surface area contributed by atoms with Gasteiger partial charge in [0.25, 0.3) is 5.56 Å². The lowest BCUT2D eigenvalue weighted by Gasteiger charge is -2.13. The fraction of sp³-hybridized carbons (Fsp3) is 0.0455. The van der Waals surface area contributed by atoms with Gasteiger partial charge in [0.2, 0.25) is 0 Å². The fourth-order valence-corrected chi connectivity index (χ4v) is 3.97. The maximum Gasteiger partial charge on any atom is 0.266 e. The van der Waals surface area contributed by atoms with E-state index in [1.807, 2.05) is 24.3 Å². The van der Waals surface area contributed by atoms with Crippen molar-refractivity contribution in [2.75, 3.05) is 0 Å². The predicted octanol–water partition coefficient (Wildman–Crippen LogP) is 4.69. The van der Waals surface area contributed by atoms with Gasteiger partial charge in [-0.25, -0.2) is 9.37 Å². The van der Waals surface area contributed by atoms with Crippen molar-refractivity contribution >= 4 is 22.7 Å². The summed E-state index contributed by atoms with van der Waals surface area (Å²) < 4.78 is 15.2. The average molecular weight is 387 g/mol. The van der Waals surface area contributed by atoms with E-state index < -0.39 is 5.82 Å². The minimum absolute atomic E-state index is 0.257.